The summed E-state index contributed by atoms with van der Waals surface area (Å²) >= 11 is 1.60. The number of hydrogen-bond acceptors (Lipinski definition) is 4. The van der Waals surface area contributed by atoms with Crippen molar-refractivity contribution in [2.24, 2.45) is 11.0 Å². The molecule has 108 valence electrons. The number of thiophene rings is 1. The van der Waals surface area contributed by atoms with Gasteiger partial charge in [-0.25, -0.2) is 5.43 Å². The lowest BCUT2D eigenvalue weighted by Crippen LogP contribution is -2.16. The first-order valence-electron chi connectivity index (χ1n) is 7.07. The second kappa shape index (κ2) is 6.18. The molecule has 0 aromatic carbocycles. The molecule has 2 heterocycles. The summed E-state index contributed by atoms with van der Waals surface area (Å²) in [5, 5.41) is 3.99. The zero-order valence-corrected chi connectivity index (χ0v) is 12.7. The van der Waals surface area contributed by atoms with Crippen LogP contribution in [0.1, 0.15) is 39.0 Å². The van der Waals surface area contributed by atoms with Gasteiger partial charge in [0.05, 0.1) is 11.1 Å². The Bertz CT molecular complexity index is 663. The van der Waals surface area contributed by atoms with Gasteiger partial charge in [0, 0.05) is 17.3 Å². The molecule has 0 aliphatic heterocycles. The summed E-state index contributed by atoms with van der Waals surface area (Å²) in [6.07, 6.45) is 8.40. The summed E-state index contributed by atoms with van der Waals surface area (Å²) in [4.78, 5) is 18.1. The van der Waals surface area contributed by atoms with Gasteiger partial charge in [0.15, 0.2) is 0 Å². The molecule has 1 aliphatic carbocycles. The molecule has 0 saturated heterocycles. The number of hydrogen-bond donors (Lipinski definition) is 1. The maximum Gasteiger partial charge on any atom is 0.281 e. The van der Waals surface area contributed by atoms with Gasteiger partial charge in [-0.1, -0.05) is 6.92 Å². The van der Waals surface area contributed by atoms with Crippen LogP contribution in [0.2, 0.25) is 0 Å². The zero-order chi connectivity index (χ0) is 14.7. The van der Waals surface area contributed by atoms with E-state index in [4.69, 9.17) is 0 Å². The summed E-state index contributed by atoms with van der Waals surface area (Å²) in [5.41, 5.74) is 4.83. The minimum atomic E-state index is -0.132. The van der Waals surface area contributed by atoms with Crippen LogP contribution in [-0.4, -0.2) is 17.1 Å². The van der Waals surface area contributed by atoms with Crippen molar-refractivity contribution < 1.29 is 4.79 Å². The van der Waals surface area contributed by atoms with E-state index in [0.29, 0.717) is 5.92 Å². The van der Waals surface area contributed by atoms with E-state index < -0.39 is 0 Å². The number of amides is 1. The average molecular weight is 299 g/mol. The molecule has 0 saturated carbocycles. The number of aryl methyl sites for hydroxylation is 1. The highest BCUT2D eigenvalue weighted by Crippen LogP contribution is 2.32. The number of nitrogens with one attached hydrogen (secondary N) is 1. The number of nitrogens with zero attached hydrogens (tertiary/aromatic N) is 2. The lowest BCUT2D eigenvalue weighted by atomic mass is 9.90. The van der Waals surface area contributed by atoms with E-state index in [1.807, 2.05) is 18.2 Å². The van der Waals surface area contributed by atoms with Crippen molar-refractivity contribution in [1.82, 2.24) is 10.4 Å². The second-order valence-electron chi connectivity index (χ2n) is 5.39. The van der Waals surface area contributed by atoms with Gasteiger partial charge in [0.2, 0.25) is 0 Å². The van der Waals surface area contributed by atoms with Gasteiger partial charge in [-0.05, 0) is 54.5 Å². The number of pyridine rings is 1. The van der Waals surface area contributed by atoms with Crippen LogP contribution in [0.15, 0.2) is 35.7 Å². The molecule has 2 aromatic rings. The van der Waals surface area contributed by atoms with E-state index in [9.17, 15) is 4.79 Å². The van der Waals surface area contributed by atoms with Crippen LogP contribution in [0.5, 0.6) is 0 Å². The molecule has 5 heteroatoms. The maximum absolute atomic E-state index is 12.1. The molecule has 21 heavy (non-hydrogen) atoms. The average Bonchev–Trinajstić information content (AvgIpc) is 2.91. The van der Waals surface area contributed by atoms with Crippen LogP contribution in [-0.2, 0) is 12.8 Å². The highest BCUT2D eigenvalue weighted by Gasteiger charge is 2.20. The molecule has 2 aromatic heterocycles. The first-order valence-corrected chi connectivity index (χ1v) is 7.89. The smallest absolute Gasteiger partial charge is 0.266 e. The van der Waals surface area contributed by atoms with E-state index >= 15 is 0 Å². The zero-order valence-electron chi connectivity index (χ0n) is 11.9. The summed E-state index contributed by atoms with van der Waals surface area (Å²) < 4.78 is 0. The van der Waals surface area contributed by atoms with Crippen LogP contribution >= 0.6 is 11.3 Å². The molecule has 0 spiro atoms. The van der Waals surface area contributed by atoms with Crippen molar-refractivity contribution in [1.29, 1.82) is 0 Å². The molecule has 1 N–H and O–H groups in total. The van der Waals surface area contributed by atoms with Gasteiger partial charge < -0.3 is 0 Å². The van der Waals surface area contributed by atoms with Gasteiger partial charge in [-0.15, -0.1) is 11.3 Å². The molecular formula is C16H17N3OS. The first kappa shape index (κ1) is 13.9. The van der Waals surface area contributed by atoms with Gasteiger partial charge in [-0.2, -0.15) is 5.10 Å². The lowest BCUT2D eigenvalue weighted by Gasteiger charge is -2.16. The number of carbonyl (C=O) groups is 1. The minimum absolute atomic E-state index is 0.132. The quantitative estimate of drug-likeness (QED) is 0.699. The minimum Gasteiger partial charge on any atom is -0.266 e. The Balaban J connectivity index is 1.65. The first-order chi connectivity index (χ1) is 10.2. The van der Waals surface area contributed by atoms with Crippen LogP contribution < -0.4 is 5.43 Å². The largest absolute Gasteiger partial charge is 0.281 e. The third-order valence-corrected chi connectivity index (χ3v) is 4.87. The normalized spacial score (nSPS) is 17.7. The summed E-state index contributed by atoms with van der Waals surface area (Å²) in [6.45, 7) is 2.26. The molecule has 0 radical (unpaired) electrons. The summed E-state index contributed by atoms with van der Waals surface area (Å²) in [5.74, 6) is 0.583. The molecule has 1 amide bonds. The third kappa shape index (κ3) is 3.36. The SMILES string of the molecule is CC1CCc2sc(C(=O)N/N=C/c3ccncc3)cc2C1. The van der Waals surface area contributed by atoms with Gasteiger partial charge in [-0.3, -0.25) is 9.78 Å². The van der Waals surface area contributed by atoms with Gasteiger partial charge in [0.1, 0.15) is 0 Å². The van der Waals surface area contributed by atoms with Crippen molar-refractivity contribution in [3.63, 3.8) is 0 Å². The molecule has 3 rings (SSSR count). The van der Waals surface area contributed by atoms with Crippen LogP contribution in [0.4, 0.5) is 0 Å². The van der Waals surface area contributed by atoms with E-state index in [0.717, 1.165) is 23.3 Å². The Labute approximate surface area is 127 Å². The second-order valence-corrected chi connectivity index (χ2v) is 6.52. The molecule has 0 fully saturated rings. The number of aromatic nitrogens is 1. The van der Waals surface area contributed by atoms with Crippen LogP contribution in [0.3, 0.4) is 0 Å². The highest BCUT2D eigenvalue weighted by molar-refractivity contribution is 7.14. The molecule has 1 atom stereocenters. The highest BCUT2D eigenvalue weighted by atomic mass is 32.1. The monoisotopic (exact) mass is 299 g/mol. The molecule has 1 unspecified atom stereocenters. The Morgan fingerprint density at radius 2 is 2.29 bits per heavy atom. The molecule has 1 aliphatic rings. The number of carbonyl (C=O) groups excluding carboxylic acids is 1. The van der Waals surface area contributed by atoms with Crippen molar-refractivity contribution >= 4 is 23.5 Å². The van der Waals surface area contributed by atoms with Crippen molar-refractivity contribution in [3.8, 4) is 0 Å². The van der Waals surface area contributed by atoms with Gasteiger partial charge in [0.25, 0.3) is 5.91 Å². The lowest BCUT2D eigenvalue weighted by molar-refractivity contribution is 0.0959. The maximum atomic E-state index is 12.1. The standard InChI is InChI=1S/C16H17N3OS/c1-11-2-3-14-13(8-11)9-15(21-14)16(20)19-18-10-12-4-6-17-7-5-12/h4-7,9-11H,2-3,8H2,1H3,(H,19,20)/b18-10+. The van der Waals surface area contributed by atoms with Crippen molar-refractivity contribution in [3.05, 3.63) is 51.5 Å². The predicted molar refractivity (Wildman–Crippen MR) is 84.8 cm³/mol. The van der Waals surface area contributed by atoms with Crippen LogP contribution in [0, 0.1) is 5.92 Å². The Hall–Kier alpha value is -2.01. The van der Waals surface area contributed by atoms with Crippen LogP contribution in [0.25, 0.3) is 0 Å². The Kier molecular flexibility index (Phi) is 4.10. The van der Waals surface area contributed by atoms with Gasteiger partial charge >= 0.3 is 0 Å². The Morgan fingerprint density at radius 3 is 3.10 bits per heavy atom. The van der Waals surface area contributed by atoms with E-state index in [2.05, 4.69) is 22.4 Å². The van der Waals surface area contributed by atoms with E-state index in [1.54, 1.807) is 29.9 Å². The fourth-order valence-electron chi connectivity index (χ4n) is 2.49. The molecule has 0 bridgehead atoms. The molecule has 4 nitrogen and oxygen atoms in total. The van der Waals surface area contributed by atoms with Crippen molar-refractivity contribution in [2.45, 2.75) is 26.2 Å². The number of rotatable bonds is 3. The fourth-order valence-corrected chi connectivity index (χ4v) is 3.59. The topological polar surface area (TPSA) is 54.4 Å². The number of fused-ring (bicyclic) bond motifs is 1. The number of hydrazone groups is 1. The Morgan fingerprint density at radius 1 is 1.48 bits per heavy atom. The summed E-state index contributed by atoms with van der Waals surface area (Å²) in [6, 6.07) is 5.69. The summed E-state index contributed by atoms with van der Waals surface area (Å²) in [7, 11) is 0. The fraction of sp³-hybridized carbons (Fsp3) is 0.312. The molecular weight excluding hydrogens is 282 g/mol. The van der Waals surface area contributed by atoms with E-state index in [-0.39, 0.29) is 5.91 Å². The predicted octanol–water partition coefficient (Wildman–Crippen LogP) is 3.03. The van der Waals surface area contributed by atoms with Crippen molar-refractivity contribution in [2.75, 3.05) is 0 Å². The third-order valence-electron chi connectivity index (χ3n) is 3.64. The van der Waals surface area contributed by atoms with E-state index in [1.165, 1.54) is 16.9 Å².